The lowest BCUT2D eigenvalue weighted by molar-refractivity contribution is -0.384. The van der Waals surface area contributed by atoms with Gasteiger partial charge in [-0.2, -0.15) is 0 Å². The van der Waals surface area contributed by atoms with Crippen LogP contribution in [0.2, 0.25) is 5.02 Å². The second-order valence-electron chi connectivity index (χ2n) is 13.5. The highest BCUT2D eigenvalue weighted by Gasteiger charge is 2.28. The Hall–Kier alpha value is -6.01. The molecule has 0 unspecified atom stereocenters. The van der Waals surface area contributed by atoms with Gasteiger partial charge in [-0.3, -0.25) is 28.8 Å². The van der Waals surface area contributed by atoms with Gasteiger partial charge >= 0.3 is 0 Å². The number of nitro benzene ring substituents is 1. The van der Waals surface area contributed by atoms with Crippen LogP contribution in [-0.2, 0) is 16.6 Å². The van der Waals surface area contributed by atoms with Crippen LogP contribution in [0.5, 0.6) is 0 Å². The number of nitro groups is 1. The number of piperazine rings is 1. The number of aromatic nitrogens is 2. The molecular weight excluding hydrogens is 802 g/mol. The maximum Gasteiger partial charge on any atom is 0.294 e. The van der Waals surface area contributed by atoms with Crippen LogP contribution in [0.4, 0.5) is 28.6 Å². The van der Waals surface area contributed by atoms with Gasteiger partial charge in [0.1, 0.15) is 35.1 Å². The first-order valence-electron chi connectivity index (χ1n) is 18.0. The number of furan rings is 1. The number of halogens is 1. The summed E-state index contributed by atoms with van der Waals surface area (Å²) in [6.07, 6.45) is 3.58. The van der Waals surface area contributed by atoms with E-state index in [2.05, 4.69) is 48.0 Å². The average Bonchev–Trinajstić information content (AvgIpc) is 3.71. The summed E-state index contributed by atoms with van der Waals surface area (Å²) in [6.45, 7) is 4.03. The zero-order chi connectivity index (χ0) is 40.4. The van der Waals surface area contributed by atoms with Crippen molar-refractivity contribution in [3.8, 4) is 11.1 Å². The van der Waals surface area contributed by atoms with E-state index in [4.69, 9.17) is 16.0 Å². The first kappa shape index (κ1) is 38.8. The monoisotopic (exact) mass is 837 g/mol. The molecule has 2 aromatic heterocycles. The van der Waals surface area contributed by atoms with Gasteiger partial charge in [0.2, 0.25) is 0 Å². The Balaban J connectivity index is 0.961. The molecule has 14 nitrogen and oxygen atoms in total. The molecule has 7 aromatic rings. The van der Waals surface area contributed by atoms with E-state index in [-0.39, 0.29) is 31.9 Å². The minimum atomic E-state index is -4.38. The summed E-state index contributed by atoms with van der Waals surface area (Å²) in [5.41, 5.74) is 4.38. The summed E-state index contributed by atoms with van der Waals surface area (Å²) in [4.78, 5) is 24.6. The van der Waals surface area contributed by atoms with Crippen molar-refractivity contribution in [3.63, 3.8) is 0 Å². The van der Waals surface area contributed by atoms with E-state index in [0.717, 1.165) is 56.3 Å². The van der Waals surface area contributed by atoms with Gasteiger partial charge in [-0.15, -0.1) is 10.6 Å². The van der Waals surface area contributed by atoms with E-state index >= 15 is 0 Å². The maximum atomic E-state index is 13.7. The highest BCUT2D eigenvalue weighted by atomic mass is 35.5. The van der Waals surface area contributed by atoms with Gasteiger partial charge < -0.3 is 14.6 Å². The quantitative estimate of drug-likeness (QED) is 0.0675. The van der Waals surface area contributed by atoms with Gasteiger partial charge in [-0.1, -0.05) is 66.2 Å². The number of rotatable bonds is 12. The molecule has 8 rings (SSSR count). The summed E-state index contributed by atoms with van der Waals surface area (Å²) in [5.74, 6) is 0.0136. The van der Waals surface area contributed by atoms with Crippen LogP contribution < -0.4 is 14.9 Å². The Morgan fingerprint density at radius 3 is 2.31 bits per heavy atom. The standard InChI is InChI=1S/C41H36ClN7O7S2/c42-30-12-10-28(11-13-30)34-9-5-4-6-29(34)24-47-18-20-48(21-19-47)31-14-16-35-37(22-31)43-27-44-41(35)46-58(54,55)33-15-17-36(39(23-33)49(50)51)45-38-25-56-26-40(38)57(52,53)32-7-2-1-3-8-32/h1-17,22-23,25-27,45,52-53H,18-21,24H2,(H,43,44,46). The second-order valence-corrected chi connectivity index (χ2v) is 17.7. The largest absolute Gasteiger partial charge is 0.468 e. The first-order valence-corrected chi connectivity index (χ1v) is 21.4. The van der Waals surface area contributed by atoms with Crippen molar-refractivity contribution < 1.29 is 26.9 Å². The predicted octanol–water partition coefficient (Wildman–Crippen LogP) is 9.49. The molecular formula is C41H36ClN7O7S2. The van der Waals surface area contributed by atoms with Gasteiger partial charge in [0, 0.05) is 54.9 Å². The van der Waals surface area contributed by atoms with E-state index in [9.17, 15) is 27.6 Å². The van der Waals surface area contributed by atoms with E-state index < -0.39 is 31.2 Å². The Morgan fingerprint density at radius 2 is 1.55 bits per heavy atom. The Kier molecular flexibility index (Phi) is 10.8. The molecule has 1 saturated heterocycles. The van der Waals surface area contributed by atoms with E-state index in [1.54, 1.807) is 24.3 Å². The third kappa shape index (κ3) is 8.06. The van der Waals surface area contributed by atoms with Crippen LogP contribution >= 0.6 is 22.2 Å². The molecule has 17 heteroatoms. The van der Waals surface area contributed by atoms with E-state index in [1.165, 1.54) is 48.0 Å². The molecule has 0 radical (unpaired) electrons. The Labute approximate surface area is 340 Å². The minimum absolute atomic E-state index is 0.0136. The van der Waals surface area contributed by atoms with Crippen LogP contribution in [-0.4, -0.2) is 63.5 Å². The van der Waals surface area contributed by atoms with Crippen molar-refractivity contribution in [1.29, 1.82) is 0 Å². The van der Waals surface area contributed by atoms with Crippen LogP contribution in [0, 0.1) is 10.1 Å². The minimum Gasteiger partial charge on any atom is -0.468 e. The van der Waals surface area contributed by atoms with Gasteiger partial charge in [0.15, 0.2) is 5.82 Å². The first-order chi connectivity index (χ1) is 28.0. The SMILES string of the molecule is O=[N+]([O-])c1cc(S(=O)(=O)Nc2ncnc3cc(N4CCN(Cc5ccccc5-c5ccc(Cl)cc5)CC4)ccc23)ccc1Nc1cocc1S(O)(O)c1ccccc1. The fourth-order valence-electron chi connectivity index (χ4n) is 6.90. The lowest BCUT2D eigenvalue weighted by Gasteiger charge is -2.36. The second kappa shape index (κ2) is 16.1. The fourth-order valence-corrected chi connectivity index (χ4v) is 9.46. The normalized spacial score (nSPS) is 14.0. The van der Waals surface area contributed by atoms with Crippen molar-refractivity contribution >= 4 is 71.7 Å². The van der Waals surface area contributed by atoms with E-state index in [1.807, 2.05) is 42.5 Å². The summed E-state index contributed by atoms with van der Waals surface area (Å²) < 4.78 is 57.1. The molecule has 5 aromatic carbocycles. The third-order valence-corrected chi connectivity index (χ3v) is 13.4. The van der Waals surface area contributed by atoms with Gasteiger partial charge in [-0.25, -0.2) is 18.4 Å². The molecule has 0 aliphatic carbocycles. The molecule has 296 valence electrons. The predicted molar refractivity (Wildman–Crippen MR) is 226 cm³/mol. The van der Waals surface area contributed by atoms with Crippen LogP contribution in [0.15, 0.2) is 153 Å². The van der Waals surface area contributed by atoms with Crippen LogP contribution in [0.1, 0.15) is 5.56 Å². The highest BCUT2D eigenvalue weighted by Crippen LogP contribution is 2.58. The third-order valence-electron chi connectivity index (χ3n) is 9.91. The smallest absolute Gasteiger partial charge is 0.294 e. The van der Waals surface area contributed by atoms with Crippen LogP contribution in [0.25, 0.3) is 22.0 Å². The number of sulfonamides is 1. The zero-order valence-corrected chi connectivity index (χ0v) is 33.0. The maximum absolute atomic E-state index is 13.7. The summed E-state index contributed by atoms with van der Waals surface area (Å²) in [6, 6.07) is 33.2. The molecule has 0 bridgehead atoms. The Bertz CT molecular complexity index is 2730. The molecule has 3 heterocycles. The van der Waals surface area contributed by atoms with E-state index in [0.29, 0.717) is 15.9 Å². The van der Waals surface area contributed by atoms with Crippen molar-refractivity contribution in [1.82, 2.24) is 14.9 Å². The number of anilines is 4. The van der Waals surface area contributed by atoms with Crippen molar-refractivity contribution in [2.75, 3.05) is 41.1 Å². The highest BCUT2D eigenvalue weighted by molar-refractivity contribution is 8.24. The summed E-state index contributed by atoms with van der Waals surface area (Å²) in [7, 11) is -7.93. The molecule has 0 atom stereocenters. The number of hydrogen-bond acceptors (Lipinski definition) is 12. The fraction of sp³-hybridized carbons (Fsp3) is 0.122. The zero-order valence-electron chi connectivity index (χ0n) is 30.6. The van der Waals surface area contributed by atoms with Gasteiger partial charge in [-0.05, 0) is 71.3 Å². The van der Waals surface area contributed by atoms with Crippen molar-refractivity contribution in [2.45, 2.75) is 21.2 Å². The molecule has 0 spiro atoms. The number of hydrogen-bond donors (Lipinski definition) is 4. The summed E-state index contributed by atoms with van der Waals surface area (Å²) in [5, 5.41) is 16.2. The molecule has 1 aliphatic heterocycles. The van der Waals surface area contributed by atoms with Crippen molar-refractivity contribution in [3.05, 3.63) is 155 Å². The number of benzene rings is 5. The number of nitrogens with one attached hydrogen (secondary N) is 2. The van der Waals surface area contributed by atoms with Gasteiger partial charge in [0.05, 0.1) is 20.2 Å². The number of fused-ring (bicyclic) bond motifs is 1. The molecule has 58 heavy (non-hydrogen) atoms. The number of nitrogens with zero attached hydrogens (tertiary/aromatic N) is 5. The average molecular weight is 838 g/mol. The molecule has 0 saturated carbocycles. The van der Waals surface area contributed by atoms with Crippen LogP contribution in [0.3, 0.4) is 0 Å². The Morgan fingerprint density at radius 1 is 0.810 bits per heavy atom. The lowest BCUT2D eigenvalue weighted by atomic mass is 9.99. The summed E-state index contributed by atoms with van der Waals surface area (Å²) >= 11 is 6.13. The molecule has 1 aliphatic rings. The molecule has 0 amide bonds. The van der Waals surface area contributed by atoms with Gasteiger partial charge in [0.25, 0.3) is 15.7 Å². The lowest BCUT2D eigenvalue weighted by Crippen LogP contribution is -2.46. The topological polar surface area (TPSA) is 187 Å². The van der Waals surface area contributed by atoms with Crippen molar-refractivity contribution in [2.24, 2.45) is 0 Å². The molecule has 4 N–H and O–H groups in total. The molecule has 1 fully saturated rings.